The molecule has 0 aliphatic heterocycles. The van der Waals surface area contributed by atoms with Gasteiger partial charge in [0.25, 0.3) is 0 Å². The third-order valence-corrected chi connectivity index (χ3v) is 10.1. The number of carbonyl (C=O) groups is 1. The Morgan fingerprint density at radius 2 is 2.00 bits per heavy atom. The Balaban J connectivity index is 1.55. The van der Waals surface area contributed by atoms with Gasteiger partial charge in [-0.2, -0.15) is 0 Å². The first-order valence-corrected chi connectivity index (χ1v) is 11.7. The minimum atomic E-state index is -0.201. The van der Waals surface area contributed by atoms with E-state index in [1.807, 2.05) is 0 Å². The Morgan fingerprint density at radius 1 is 1.21 bits per heavy atom. The van der Waals surface area contributed by atoms with Crippen LogP contribution >= 0.6 is 0 Å². The lowest BCUT2D eigenvalue weighted by Gasteiger charge is -2.61. The van der Waals surface area contributed by atoms with Crippen LogP contribution in [0.5, 0.6) is 0 Å². The summed E-state index contributed by atoms with van der Waals surface area (Å²) in [5, 5.41) is 11.5. The molecule has 4 aliphatic rings. The lowest BCUT2D eigenvalue weighted by atomic mass is 9.44. The number of fused-ring (bicyclic) bond motifs is 5. The van der Waals surface area contributed by atoms with Gasteiger partial charge in [0.1, 0.15) is 0 Å². The van der Waals surface area contributed by atoms with E-state index in [0.29, 0.717) is 35.5 Å². The number of aliphatic hydroxyl groups excluding tert-OH is 1. The molecule has 3 nitrogen and oxygen atoms in total. The molecule has 0 saturated heterocycles. The summed E-state index contributed by atoms with van der Waals surface area (Å²) in [7, 11) is 1.47. The fraction of sp³-hybridized carbons (Fsp3) is 0.880. The summed E-state index contributed by atoms with van der Waals surface area (Å²) in [4.78, 5) is 11.6. The minimum Gasteiger partial charge on any atom is -0.469 e. The van der Waals surface area contributed by atoms with Crippen LogP contribution in [0, 0.1) is 46.3 Å². The predicted molar refractivity (Wildman–Crippen MR) is 112 cm³/mol. The number of ether oxygens (including phenoxy) is 1. The molecule has 0 aromatic carbocycles. The topological polar surface area (TPSA) is 46.5 Å². The molecule has 3 fully saturated rings. The average molecular weight is 389 g/mol. The van der Waals surface area contributed by atoms with Crippen molar-refractivity contribution >= 4 is 5.97 Å². The molecule has 4 rings (SSSR count). The molecule has 0 aromatic heterocycles. The molecule has 0 bridgehead atoms. The van der Waals surface area contributed by atoms with Crippen molar-refractivity contribution in [3.8, 4) is 0 Å². The van der Waals surface area contributed by atoms with Crippen LogP contribution < -0.4 is 0 Å². The van der Waals surface area contributed by atoms with E-state index in [4.69, 9.17) is 4.74 Å². The Hall–Kier alpha value is -0.830. The summed E-state index contributed by atoms with van der Waals surface area (Å²) in [6, 6.07) is 0. The van der Waals surface area contributed by atoms with Crippen molar-refractivity contribution in [2.24, 2.45) is 46.3 Å². The van der Waals surface area contributed by atoms with E-state index in [1.54, 1.807) is 0 Å². The molecule has 0 unspecified atom stereocenters. The van der Waals surface area contributed by atoms with Crippen LogP contribution in [0.25, 0.3) is 0 Å². The summed E-state index contributed by atoms with van der Waals surface area (Å²) < 4.78 is 4.85. The average Bonchev–Trinajstić information content (AvgIpc) is 3.05. The fourth-order valence-electron chi connectivity index (χ4n) is 8.40. The van der Waals surface area contributed by atoms with Crippen LogP contribution in [0.4, 0.5) is 0 Å². The zero-order chi connectivity index (χ0) is 20.1. The van der Waals surface area contributed by atoms with Gasteiger partial charge in [-0.15, -0.1) is 0 Å². The molecule has 0 aromatic rings. The van der Waals surface area contributed by atoms with Crippen LogP contribution in [-0.4, -0.2) is 24.3 Å². The Labute approximate surface area is 171 Å². The number of allylic oxidation sites excluding steroid dienone is 2. The van der Waals surface area contributed by atoms with Crippen LogP contribution in [0.1, 0.15) is 78.6 Å². The SMILES string of the molecule is COC(=O)CC[C@@H](C)[C@@H]1CC[C@@H]2[C@@H]3CC[C@@H]4C=CCC[C@]4(C)[C@H]3C[C@H](O)[C@@]21C. The second-order valence-electron chi connectivity index (χ2n) is 10.9. The molecule has 9 atom stereocenters. The number of hydrogen-bond acceptors (Lipinski definition) is 3. The highest BCUT2D eigenvalue weighted by Crippen LogP contribution is 2.67. The van der Waals surface area contributed by atoms with Gasteiger partial charge in [0, 0.05) is 6.42 Å². The number of aliphatic hydroxyl groups is 1. The second-order valence-corrected chi connectivity index (χ2v) is 10.9. The molecule has 3 saturated carbocycles. The highest BCUT2D eigenvalue weighted by molar-refractivity contribution is 5.69. The lowest BCUT2D eigenvalue weighted by molar-refractivity contribution is -0.159. The first kappa shape index (κ1) is 20.4. The Bertz CT molecular complexity index is 627. The summed E-state index contributed by atoms with van der Waals surface area (Å²) in [5.74, 6) is 3.70. The monoisotopic (exact) mass is 388 g/mol. The van der Waals surface area contributed by atoms with Crippen molar-refractivity contribution in [1.29, 1.82) is 0 Å². The van der Waals surface area contributed by atoms with E-state index < -0.39 is 0 Å². The third-order valence-electron chi connectivity index (χ3n) is 10.1. The van der Waals surface area contributed by atoms with Gasteiger partial charge in [0.2, 0.25) is 0 Å². The molecule has 0 radical (unpaired) electrons. The molecule has 0 amide bonds. The summed E-state index contributed by atoms with van der Waals surface area (Å²) in [6.07, 6.45) is 14.7. The molecule has 158 valence electrons. The third kappa shape index (κ3) is 2.99. The quantitative estimate of drug-likeness (QED) is 0.520. The first-order chi connectivity index (χ1) is 13.3. The van der Waals surface area contributed by atoms with E-state index in [0.717, 1.165) is 24.7 Å². The number of esters is 1. The maximum Gasteiger partial charge on any atom is 0.305 e. The Morgan fingerprint density at radius 3 is 2.75 bits per heavy atom. The van der Waals surface area contributed by atoms with Crippen molar-refractivity contribution < 1.29 is 14.6 Å². The van der Waals surface area contributed by atoms with E-state index in [-0.39, 0.29) is 17.5 Å². The molecule has 0 heterocycles. The number of rotatable bonds is 4. The second kappa shape index (κ2) is 7.45. The van der Waals surface area contributed by atoms with Crippen molar-refractivity contribution in [1.82, 2.24) is 0 Å². The molecule has 0 spiro atoms. The van der Waals surface area contributed by atoms with Crippen molar-refractivity contribution in [3.63, 3.8) is 0 Å². The van der Waals surface area contributed by atoms with Crippen molar-refractivity contribution in [2.45, 2.75) is 84.7 Å². The van der Waals surface area contributed by atoms with E-state index in [1.165, 1.54) is 45.6 Å². The van der Waals surface area contributed by atoms with Gasteiger partial charge < -0.3 is 9.84 Å². The lowest BCUT2D eigenvalue weighted by Crippen LogP contribution is -2.57. The molecule has 1 N–H and O–H groups in total. The van der Waals surface area contributed by atoms with Gasteiger partial charge in [0.15, 0.2) is 0 Å². The van der Waals surface area contributed by atoms with Crippen LogP contribution in [0.15, 0.2) is 12.2 Å². The van der Waals surface area contributed by atoms with Gasteiger partial charge in [-0.25, -0.2) is 0 Å². The molecule has 4 aliphatic carbocycles. The van der Waals surface area contributed by atoms with Gasteiger partial charge in [0.05, 0.1) is 13.2 Å². The standard InChI is InChI=1S/C25H40O3/c1-16(8-13-23(27)28-4)19-11-12-20-18-10-9-17-7-5-6-14-24(17,2)21(18)15-22(26)25(19,20)3/h5,7,16-22,26H,6,8-15H2,1-4H3/t16-,17+,18+,19+,20-,21+,22+,24+,25-/m1/s1. The number of methoxy groups -OCH3 is 1. The molecular formula is C25H40O3. The minimum absolute atomic E-state index is 0.0183. The van der Waals surface area contributed by atoms with Crippen LogP contribution in [0.2, 0.25) is 0 Å². The van der Waals surface area contributed by atoms with Gasteiger partial charge in [-0.3, -0.25) is 4.79 Å². The zero-order valence-corrected chi connectivity index (χ0v) is 18.3. The highest BCUT2D eigenvalue weighted by Gasteiger charge is 2.63. The van der Waals surface area contributed by atoms with E-state index in [9.17, 15) is 9.90 Å². The molecule has 3 heteroatoms. The first-order valence-electron chi connectivity index (χ1n) is 11.7. The van der Waals surface area contributed by atoms with Gasteiger partial charge >= 0.3 is 5.97 Å². The molecule has 28 heavy (non-hydrogen) atoms. The van der Waals surface area contributed by atoms with Crippen LogP contribution in [-0.2, 0) is 9.53 Å². The normalized spacial score (nSPS) is 48.3. The van der Waals surface area contributed by atoms with Crippen LogP contribution in [0.3, 0.4) is 0 Å². The van der Waals surface area contributed by atoms with Crippen molar-refractivity contribution in [2.75, 3.05) is 7.11 Å². The van der Waals surface area contributed by atoms with E-state index in [2.05, 4.69) is 32.9 Å². The fourth-order valence-corrected chi connectivity index (χ4v) is 8.40. The summed E-state index contributed by atoms with van der Waals surface area (Å²) in [6.45, 7) is 7.21. The largest absolute Gasteiger partial charge is 0.469 e. The van der Waals surface area contributed by atoms with Gasteiger partial charge in [-0.05, 0) is 97.7 Å². The smallest absolute Gasteiger partial charge is 0.305 e. The number of hydrogen-bond donors (Lipinski definition) is 1. The maximum atomic E-state index is 11.6. The summed E-state index contributed by atoms with van der Waals surface area (Å²) >= 11 is 0. The highest BCUT2D eigenvalue weighted by atomic mass is 16.5. The zero-order valence-electron chi connectivity index (χ0n) is 18.3. The maximum absolute atomic E-state index is 11.6. The Kier molecular flexibility index (Phi) is 5.44. The molecular weight excluding hydrogens is 348 g/mol. The van der Waals surface area contributed by atoms with Crippen molar-refractivity contribution in [3.05, 3.63) is 12.2 Å². The number of carbonyl (C=O) groups excluding carboxylic acids is 1. The van der Waals surface area contributed by atoms with Gasteiger partial charge in [-0.1, -0.05) is 32.9 Å². The summed E-state index contributed by atoms with van der Waals surface area (Å²) in [5.41, 5.74) is 0.402. The van der Waals surface area contributed by atoms with E-state index >= 15 is 0 Å². The predicted octanol–water partition coefficient (Wildman–Crippen LogP) is 5.37.